The molecule has 1 N–H and O–H groups in total. The second-order valence-corrected chi connectivity index (χ2v) is 5.10. The number of hydrogen-bond acceptors (Lipinski definition) is 2. The lowest BCUT2D eigenvalue weighted by molar-refractivity contribution is 0.414. The molecule has 0 radical (unpaired) electrons. The van der Waals surface area contributed by atoms with Gasteiger partial charge in [-0.2, -0.15) is 0 Å². The van der Waals surface area contributed by atoms with Crippen molar-refractivity contribution in [1.29, 1.82) is 0 Å². The van der Waals surface area contributed by atoms with Crippen LogP contribution in [0.1, 0.15) is 29.4 Å². The monoisotopic (exact) mass is 272 g/mol. The van der Waals surface area contributed by atoms with Gasteiger partial charge in [-0.15, -0.1) is 0 Å². The van der Waals surface area contributed by atoms with Gasteiger partial charge in [0, 0.05) is 31.0 Å². The zero-order chi connectivity index (χ0) is 14.5. The zero-order valence-electron chi connectivity index (χ0n) is 12.9. The van der Waals surface area contributed by atoms with Crippen LogP contribution in [0.5, 0.6) is 5.75 Å². The van der Waals surface area contributed by atoms with E-state index in [4.69, 9.17) is 4.74 Å². The maximum absolute atomic E-state index is 5.24. The van der Waals surface area contributed by atoms with E-state index in [1.165, 1.54) is 22.5 Å². The lowest BCUT2D eigenvalue weighted by Gasteiger charge is -2.08. The number of nitrogens with one attached hydrogen (secondary N) is 1. The Hall–Kier alpha value is -1.74. The molecule has 0 bridgehead atoms. The third-order valence-electron chi connectivity index (χ3n) is 3.77. The third kappa shape index (κ3) is 3.23. The number of hydrogen-bond donors (Lipinski definition) is 1. The summed E-state index contributed by atoms with van der Waals surface area (Å²) in [7, 11) is 1.70. The van der Waals surface area contributed by atoms with E-state index < -0.39 is 0 Å². The van der Waals surface area contributed by atoms with E-state index in [1.54, 1.807) is 7.11 Å². The van der Waals surface area contributed by atoms with Crippen LogP contribution in [-0.4, -0.2) is 11.7 Å². The standard InChI is InChI=1S/C17H24N2O/c1-5-19-13(2)9-16(14(19)3)12-18-11-15-7-6-8-17(10-15)20-4/h6-10,18H,5,11-12H2,1-4H3. The molecule has 2 rings (SSSR count). The van der Waals surface area contributed by atoms with E-state index in [0.717, 1.165) is 25.4 Å². The molecule has 0 amide bonds. The molecule has 0 spiro atoms. The molecule has 108 valence electrons. The smallest absolute Gasteiger partial charge is 0.119 e. The van der Waals surface area contributed by atoms with E-state index in [2.05, 4.69) is 48.9 Å². The Labute approximate surface area is 121 Å². The van der Waals surface area contributed by atoms with Gasteiger partial charge in [0.25, 0.3) is 0 Å². The number of aromatic nitrogens is 1. The van der Waals surface area contributed by atoms with Crippen LogP contribution in [-0.2, 0) is 19.6 Å². The van der Waals surface area contributed by atoms with E-state index in [-0.39, 0.29) is 0 Å². The molecule has 0 atom stereocenters. The Bertz CT molecular complexity index is 572. The van der Waals surface area contributed by atoms with E-state index in [0.29, 0.717) is 0 Å². The van der Waals surface area contributed by atoms with Crippen molar-refractivity contribution < 1.29 is 4.74 Å². The molecule has 20 heavy (non-hydrogen) atoms. The third-order valence-corrected chi connectivity index (χ3v) is 3.77. The molecule has 1 aromatic heterocycles. The molecule has 0 aliphatic rings. The second-order valence-electron chi connectivity index (χ2n) is 5.10. The number of methoxy groups -OCH3 is 1. The Morgan fingerprint density at radius 3 is 2.60 bits per heavy atom. The SMILES string of the molecule is CCn1c(C)cc(CNCc2cccc(OC)c2)c1C. The number of nitrogens with zero attached hydrogens (tertiary/aromatic N) is 1. The molecule has 3 nitrogen and oxygen atoms in total. The van der Waals surface area contributed by atoms with Crippen molar-refractivity contribution in [2.75, 3.05) is 7.11 Å². The molecule has 0 aliphatic heterocycles. The minimum Gasteiger partial charge on any atom is -0.497 e. The highest BCUT2D eigenvalue weighted by Gasteiger charge is 2.07. The van der Waals surface area contributed by atoms with Crippen molar-refractivity contribution in [3.05, 3.63) is 52.8 Å². The maximum Gasteiger partial charge on any atom is 0.119 e. The van der Waals surface area contributed by atoms with Gasteiger partial charge in [-0.1, -0.05) is 12.1 Å². The summed E-state index contributed by atoms with van der Waals surface area (Å²) in [6, 6.07) is 10.5. The Kier molecular flexibility index (Phi) is 4.85. The number of aryl methyl sites for hydroxylation is 1. The molecular formula is C17H24N2O. The van der Waals surface area contributed by atoms with Crippen LogP contribution in [0.2, 0.25) is 0 Å². The fraction of sp³-hybridized carbons (Fsp3) is 0.412. The lowest BCUT2D eigenvalue weighted by atomic mass is 10.2. The van der Waals surface area contributed by atoms with Gasteiger partial charge >= 0.3 is 0 Å². The molecule has 3 heteroatoms. The molecule has 0 unspecified atom stereocenters. The normalized spacial score (nSPS) is 10.8. The van der Waals surface area contributed by atoms with E-state index in [1.807, 2.05) is 12.1 Å². The predicted octanol–water partition coefficient (Wildman–Crippen LogP) is 3.42. The van der Waals surface area contributed by atoms with Crippen LogP contribution < -0.4 is 10.1 Å². The van der Waals surface area contributed by atoms with Crippen molar-refractivity contribution in [3.8, 4) is 5.75 Å². The summed E-state index contributed by atoms with van der Waals surface area (Å²) < 4.78 is 7.59. The molecular weight excluding hydrogens is 248 g/mol. The summed E-state index contributed by atoms with van der Waals surface area (Å²) in [6.07, 6.45) is 0. The fourth-order valence-corrected chi connectivity index (χ4v) is 2.66. The number of rotatable bonds is 6. The first kappa shape index (κ1) is 14.7. The number of ether oxygens (including phenoxy) is 1. The molecule has 1 aromatic carbocycles. The molecule has 0 saturated carbocycles. The van der Waals surface area contributed by atoms with Gasteiger partial charge < -0.3 is 14.6 Å². The molecule has 0 aliphatic carbocycles. The maximum atomic E-state index is 5.24. The van der Waals surface area contributed by atoms with Crippen molar-refractivity contribution in [2.45, 2.75) is 40.4 Å². The first-order chi connectivity index (χ1) is 9.65. The topological polar surface area (TPSA) is 26.2 Å². The van der Waals surface area contributed by atoms with Crippen LogP contribution in [0.25, 0.3) is 0 Å². The number of benzene rings is 1. The second kappa shape index (κ2) is 6.62. The summed E-state index contributed by atoms with van der Waals surface area (Å²) in [4.78, 5) is 0. The van der Waals surface area contributed by atoms with E-state index in [9.17, 15) is 0 Å². The van der Waals surface area contributed by atoms with Gasteiger partial charge in [0.2, 0.25) is 0 Å². The summed E-state index contributed by atoms with van der Waals surface area (Å²) in [5, 5.41) is 3.51. The first-order valence-electron chi connectivity index (χ1n) is 7.15. The highest BCUT2D eigenvalue weighted by atomic mass is 16.5. The molecule has 0 fully saturated rings. The molecule has 0 saturated heterocycles. The Balaban J connectivity index is 1.96. The summed E-state index contributed by atoms with van der Waals surface area (Å²) in [6.45, 7) is 9.34. The highest BCUT2D eigenvalue weighted by Crippen LogP contribution is 2.16. The minimum atomic E-state index is 0.854. The van der Waals surface area contributed by atoms with Crippen LogP contribution in [0.15, 0.2) is 30.3 Å². The van der Waals surface area contributed by atoms with E-state index >= 15 is 0 Å². The highest BCUT2D eigenvalue weighted by molar-refractivity contribution is 5.29. The van der Waals surface area contributed by atoms with Crippen molar-refractivity contribution in [1.82, 2.24) is 9.88 Å². The molecule has 2 aromatic rings. The predicted molar refractivity (Wildman–Crippen MR) is 83.1 cm³/mol. The van der Waals surface area contributed by atoms with Gasteiger partial charge in [0.05, 0.1) is 7.11 Å². The van der Waals surface area contributed by atoms with Gasteiger partial charge in [0.1, 0.15) is 5.75 Å². The van der Waals surface area contributed by atoms with Crippen molar-refractivity contribution in [3.63, 3.8) is 0 Å². The van der Waals surface area contributed by atoms with Crippen LogP contribution in [0.3, 0.4) is 0 Å². The Morgan fingerprint density at radius 1 is 1.15 bits per heavy atom. The van der Waals surface area contributed by atoms with Crippen LogP contribution >= 0.6 is 0 Å². The van der Waals surface area contributed by atoms with Gasteiger partial charge in [-0.05, 0) is 50.1 Å². The summed E-state index contributed by atoms with van der Waals surface area (Å²) >= 11 is 0. The summed E-state index contributed by atoms with van der Waals surface area (Å²) in [5.74, 6) is 0.911. The quantitative estimate of drug-likeness (QED) is 0.872. The average Bonchev–Trinajstić information content (AvgIpc) is 2.73. The fourth-order valence-electron chi connectivity index (χ4n) is 2.66. The van der Waals surface area contributed by atoms with Crippen LogP contribution in [0.4, 0.5) is 0 Å². The summed E-state index contributed by atoms with van der Waals surface area (Å²) in [5.41, 5.74) is 5.33. The van der Waals surface area contributed by atoms with Crippen molar-refractivity contribution >= 4 is 0 Å². The van der Waals surface area contributed by atoms with Crippen molar-refractivity contribution in [2.24, 2.45) is 0 Å². The largest absolute Gasteiger partial charge is 0.497 e. The van der Waals surface area contributed by atoms with Gasteiger partial charge in [-0.25, -0.2) is 0 Å². The first-order valence-corrected chi connectivity index (χ1v) is 7.15. The zero-order valence-corrected chi connectivity index (χ0v) is 12.9. The Morgan fingerprint density at radius 2 is 1.95 bits per heavy atom. The molecule has 1 heterocycles. The minimum absolute atomic E-state index is 0.854. The average molecular weight is 272 g/mol. The van der Waals surface area contributed by atoms with Gasteiger partial charge in [0.15, 0.2) is 0 Å². The van der Waals surface area contributed by atoms with Crippen LogP contribution in [0, 0.1) is 13.8 Å². The van der Waals surface area contributed by atoms with Gasteiger partial charge in [-0.3, -0.25) is 0 Å². The lowest BCUT2D eigenvalue weighted by Crippen LogP contribution is -2.13.